The SMILES string of the molecule is CC(CCC(N)=O)NC(=O)CCCCC1CCC2[C@@H]3CCC4CCCCC4(C)C3CCC12C. The Morgan fingerprint density at radius 3 is 2.48 bits per heavy atom. The Labute approximate surface area is 202 Å². The van der Waals surface area contributed by atoms with Gasteiger partial charge in [0.25, 0.3) is 0 Å². The molecule has 0 saturated heterocycles. The Kier molecular flexibility index (Phi) is 7.80. The van der Waals surface area contributed by atoms with Crippen molar-refractivity contribution in [2.75, 3.05) is 0 Å². The third-order valence-corrected chi connectivity index (χ3v) is 11.2. The first-order chi connectivity index (χ1) is 15.7. The van der Waals surface area contributed by atoms with E-state index in [9.17, 15) is 9.59 Å². The molecule has 0 bridgehead atoms. The van der Waals surface area contributed by atoms with Gasteiger partial charge in [-0.1, -0.05) is 33.1 Å². The van der Waals surface area contributed by atoms with Crippen LogP contribution in [0.2, 0.25) is 0 Å². The van der Waals surface area contributed by atoms with Crippen LogP contribution in [0, 0.1) is 40.4 Å². The highest BCUT2D eigenvalue weighted by atomic mass is 16.2. The summed E-state index contributed by atoms with van der Waals surface area (Å²) in [6.45, 7) is 7.29. The summed E-state index contributed by atoms with van der Waals surface area (Å²) in [5.41, 5.74) is 6.39. The molecule has 4 fully saturated rings. The highest BCUT2D eigenvalue weighted by Crippen LogP contribution is 2.67. The van der Waals surface area contributed by atoms with Gasteiger partial charge in [-0.2, -0.15) is 0 Å². The average molecular weight is 459 g/mol. The van der Waals surface area contributed by atoms with E-state index in [1.165, 1.54) is 77.0 Å². The Hall–Kier alpha value is -1.06. The summed E-state index contributed by atoms with van der Waals surface area (Å²) in [5, 5.41) is 3.03. The highest BCUT2D eigenvalue weighted by Gasteiger charge is 2.59. The van der Waals surface area contributed by atoms with Crippen molar-refractivity contribution in [2.24, 2.45) is 46.2 Å². The Balaban J connectivity index is 1.24. The van der Waals surface area contributed by atoms with Crippen molar-refractivity contribution in [1.29, 1.82) is 0 Å². The van der Waals surface area contributed by atoms with Crippen molar-refractivity contribution >= 4 is 11.8 Å². The summed E-state index contributed by atoms with van der Waals surface area (Å²) in [6, 6.07) is 0.0239. The molecule has 33 heavy (non-hydrogen) atoms. The number of nitrogens with one attached hydrogen (secondary N) is 1. The lowest BCUT2D eigenvalue weighted by atomic mass is 9.45. The quantitative estimate of drug-likeness (QED) is 0.394. The number of primary amides is 1. The molecule has 4 nitrogen and oxygen atoms in total. The van der Waals surface area contributed by atoms with Crippen LogP contribution in [0.4, 0.5) is 0 Å². The molecule has 4 heteroatoms. The van der Waals surface area contributed by atoms with Gasteiger partial charge in [-0.05, 0) is 118 Å². The fourth-order valence-corrected chi connectivity index (χ4v) is 9.33. The zero-order valence-electron chi connectivity index (χ0n) is 21.7. The van der Waals surface area contributed by atoms with E-state index in [4.69, 9.17) is 5.73 Å². The zero-order chi connectivity index (χ0) is 23.6. The molecule has 3 N–H and O–H groups in total. The molecule has 8 atom stereocenters. The largest absolute Gasteiger partial charge is 0.370 e. The molecule has 0 heterocycles. The molecule has 0 aromatic rings. The van der Waals surface area contributed by atoms with Crippen LogP contribution in [-0.2, 0) is 9.59 Å². The van der Waals surface area contributed by atoms with Crippen molar-refractivity contribution in [1.82, 2.24) is 5.32 Å². The van der Waals surface area contributed by atoms with Crippen molar-refractivity contribution < 1.29 is 9.59 Å². The maximum atomic E-state index is 12.3. The summed E-state index contributed by atoms with van der Waals surface area (Å²) >= 11 is 0. The molecular formula is C29H50N2O2. The van der Waals surface area contributed by atoms with Gasteiger partial charge in [-0.3, -0.25) is 9.59 Å². The summed E-state index contributed by atoms with van der Waals surface area (Å²) in [5.74, 6) is 4.64. The normalized spacial score (nSPS) is 40.9. The molecule has 4 aliphatic rings. The maximum absolute atomic E-state index is 12.3. The van der Waals surface area contributed by atoms with Crippen LogP contribution in [0.3, 0.4) is 0 Å². The molecule has 2 amide bonds. The Morgan fingerprint density at radius 2 is 1.70 bits per heavy atom. The summed E-state index contributed by atoms with van der Waals surface area (Å²) < 4.78 is 0. The first-order valence-corrected chi connectivity index (χ1v) is 14.3. The lowest BCUT2D eigenvalue weighted by molar-refractivity contribution is -0.122. The standard InChI is InChI=1S/C29H50N2O2/c1-20(11-16-26(30)32)31-27(33)10-5-4-8-22-13-15-24-23-14-12-21-9-6-7-18-28(21,2)25(23)17-19-29(22,24)3/h20-25H,4-19H2,1-3H3,(H2,30,32)(H,31,33)/t20?,21?,22?,23-,24?,25?,28?,29?/m0/s1. The molecule has 7 unspecified atom stereocenters. The van der Waals surface area contributed by atoms with Gasteiger partial charge >= 0.3 is 0 Å². The number of hydrogen-bond acceptors (Lipinski definition) is 2. The second kappa shape index (κ2) is 10.3. The first kappa shape index (κ1) is 25.0. The number of nitrogens with two attached hydrogens (primary N) is 1. The van der Waals surface area contributed by atoms with Gasteiger partial charge in [0.05, 0.1) is 0 Å². The van der Waals surface area contributed by atoms with E-state index in [-0.39, 0.29) is 17.9 Å². The molecule has 0 radical (unpaired) electrons. The monoisotopic (exact) mass is 458 g/mol. The van der Waals surface area contributed by atoms with Gasteiger partial charge in [-0.15, -0.1) is 0 Å². The summed E-state index contributed by atoms with van der Waals surface area (Å²) in [6.07, 6.45) is 19.8. The summed E-state index contributed by atoms with van der Waals surface area (Å²) in [7, 11) is 0. The van der Waals surface area contributed by atoms with Crippen LogP contribution in [0.25, 0.3) is 0 Å². The second-order valence-electron chi connectivity index (χ2n) is 12.9. The lowest BCUT2D eigenvalue weighted by Gasteiger charge is -2.60. The van der Waals surface area contributed by atoms with Gasteiger partial charge in [0.15, 0.2) is 0 Å². The van der Waals surface area contributed by atoms with Gasteiger partial charge in [0.1, 0.15) is 0 Å². The predicted molar refractivity (Wildman–Crippen MR) is 134 cm³/mol. The Bertz CT molecular complexity index is 708. The van der Waals surface area contributed by atoms with Gasteiger partial charge in [0, 0.05) is 18.9 Å². The fraction of sp³-hybridized carbons (Fsp3) is 0.931. The molecule has 188 valence electrons. The van der Waals surface area contributed by atoms with Crippen LogP contribution in [0.1, 0.15) is 124 Å². The van der Waals surface area contributed by atoms with E-state index in [1.54, 1.807) is 0 Å². The van der Waals surface area contributed by atoms with Gasteiger partial charge in [0.2, 0.25) is 11.8 Å². The second-order valence-corrected chi connectivity index (χ2v) is 12.9. The molecule has 4 aliphatic carbocycles. The molecule has 0 aromatic carbocycles. The van der Waals surface area contributed by atoms with Gasteiger partial charge in [-0.25, -0.2) is 0 Å². The van der Waals surface area contributed by atoms with E-state index < -0.39 is 0 Å². The topological polar surface area (TPSA) is 72.2 Å². The predicted octanol–water partition coefficient (Wildman–Crippen LogP) is 6.37. The number of fused-ring (bicyclic) bond motifs is 5. The van der Waals surface area contributed by atoms with Crippen molar-refractivity contribution in [3.8, 4) is 0 Å². The molecule has 0 spiro atoms. The van der Waals surface area contributed by atoms with E-state index in [0.717, 1.165) is 36.0 Å². The maximum Gasteiger partial charge on any atom is 0.220 e. The lowest BCUT2D eigenvalue weighted by Crippen LogP contribution is -2.52. The smallest absolute Gasteiger partial charge is 0.220 e. The minimum atomic E-state index is -0.297. The number of hydrogen-bond donors (Lipinski definition) is 2. The van der Waals surface area contributed by atoms with Crippen molar-refractivity contribution in [2.45, 2.75) is 130 Å². The fourth-order valence-electron chi connectivity index (χ4n) is 9.33. The van der Waals surface area contributed by atoms with Crippen LogP contribution < -0.4 is 11.1 Å². The van der Waals surface area contributed by atoms with Crippen LogP contribution in [0.5, 0.6) is 0 Å². The van der Waals surface area contributed by atoms with E-state index in [0.29, 0.717) is 30.1 Å². The van der Waals surface area contributed by atoms with Crippen LogP contribution in [0.15, 0.2) is 0 Å². The first-order valence-electron chi connectivity index (χ1n) is 14.3. The minimum Gasteiger partial charge on any atom is -0.370 e. The van der Waals surface area contributed by atoms with Crippen LogP contribution >= 0.6 is 0 Å². The number of rotatable bonds is 9. The number of carbonyl (C=O) groups is 2. The zero-order valence-corrected chi connectivity index (χ0v) is 21.7. The highest BCUT2D eigenvalue weighted by molar-refractivity contribution is 5.76. The van der Waals surface area contributed by atoms with Gasteiger partial charge < -0.3 is 11.1 Å². The molecular weight excluding hydrogens is 408 g/mol. The van der Waals surface area contributed by atoms with Crippen molar-refractivity contribution in [3.05, 3.63) is 0 Å². The average Bonchev–Trinajstić information content (AvgIpc) is 3.11. The van der Waals surface area contributed by atoms with E-state index >= 15 is 0 Å². The molecule has 0 aliphatic heterocycles. The third-order valence-electron chi connectivity index (χ3n) is 11.2. The molecule has 0 aromatic heterocycles. The Morgan fingerprint density at radius 1 is 0.909 bits per heavy atom. The van der Waals surface area contributed by atoms with Crippen molar-refractivity contribution in [3.63, 3.8) is 0 Å². The third kappa shape index (κ3) is 5.15. The van der Waals surface area contributed by atoms with E-state index in [1.807, 2.05) is 6.92 Å². The molecule has 4 saturated carbocycles. The molecule has 4 rings (SSSR count). The minimum absolute atomic E-state index is 0.0239. The summed E-state index contributed by atoms with van der Waals surface area (Å²) in [4.78, 5) is 23.2. The van der Waals surface area contributed by atoms with Crippen LogP contribution in [-0.4, -0.2) is 17.9 Å². The number of unbranched alkanes of at least 4 members (excludes halogenated alkanes) is 1. The van der Waals surface area contributed by atoms with E-state index in [2.05, 4.69) is 19.2 Å². The number of carbonyl (C=O) groups excluding carboxylic acids is 2. The number of amides is 2.